The summed E-state index contributed by atoms with van der Waals surface area (Å²) in [4.78, 5) is 18.4. The zero-order valence-corrected chi connectivity index (χ0v) is 17.8. The Morgan fingerprint density at radius 3 is 2.71 bits per heavy atom. The minimum absolute atomic E-state index is 0.0728. The van der Waals surface area contributed by atoms with E-state index in [4.69, 9.17) is 14.5 Å². The van der Waals surface area contributed by atoms with Gasteiger partial charge in [0, 0.05) is 28.7 Å². The van der Waals surface area contributed by atoms with Crippen molar-refractivity contribution in [1.29, 1.82) is 0 Å². The first-order valence-corrected chi connectivity index (χ1v) is 11.1. The summed E-state index contributed by atoms with van der Waals surface area (Å²) in [6.45, 7) is 5.86. The molecule has 31 heavy (non-hydrogen) atoms. The Morgan fingerprint density at radius 2 is 1.87 bits per heavy atom. The molecule has 3 heterocycles. The lowest BCUT2D eigenvalue weighted by atomic mass is 9.55. The highest BCUT2D eigenvalue weighted by Crippen LogP contribution is 2.57. The van der Waals surface area contributed by atoms with Crippen molar-refractivity contribution in [3.05, 3.63) is 41.9 Å². The van der Waals surface area contributed by atoms with Gasteiger partial charge < -0.3 is 14.6 Å². The van der Waals surface area contributed by atoms with Crippen molar-refractivity contribution in [2.45, 2.75) is 50.7 Å². The molecule has 6 rings (SSSR count). The number of aromatic nitrogens is 4. The van der Waals surface area contributed by atoms with Crippen molar-refractivity contribution in [1.82, 2.24) is 19.9 Å². The summed E-state index contributed by atoms with van der Waals surface area (Å²) >= 11 is 0. The van der Waals surface area contributed by atoms with E-state index in [1.165, 1.54) is 6.33 Å². The Labute approximate surface area is 180 Å². The van der Waals surface area contributed by atoms with E-state index < -0.39 is 5.79 Å². The average Bonchev–Trinajstić information content (AvgIpc) is 3.27. The van der Waals surface area contributed by atoms with E-state index in [0.29, 0.717) is 30.7 Å². The topological polar surface area (TPSA) is 90.3 Å². The molecular weight excluding hydrogens is 392 g/mol. The van der Waals surface area contributed by atoms with Crippen LogP contribution in [0, 0.1) is 11.8 Å². The normalized spacial score (nSPS) is 29.1. The van der Waals surface area contributed by atoms with Gasteiger partial charge in [-0.3, -0.25) is 0 Å². The molecule has 1 N–H and O–H groups in total. The molecule has 3 atom stereocenters. The van der Waals surface area contributed by atoms with Gasteiger partial charge in [0.15, 0.2) is 11.6 Å². The van der Waals surface area contributed by atoms with Crippen LogP contribution < -0.4 is 0 Å². The third kappa shape index (κ3) is 2.66. The number of nitrogens with zero attached hydrogens (tertiary/aromatic N) is 4. The van der Waals surface area contributed by atoms with Crippen molar-refractivity contribution >= 4 is 10.9 Å². The summed E-state index contributed by atoms with van der Waals surface area (Å²) in [5.74, 6) is 0.669. The molecule has 0 bridgehead atoms. The fourth-order valence-electron chi connectivity index (χ4n) is 6.21. The van der Waals surface area contributed by atoms with Gasteiger partial charge in [0.1, 0.15) is 12.0 Å². The van der Waals surface area contributed by atoms with Gasteiger partial charge in [0.05, 0.1) is 24.4 Å². The summed E-state index contributed by atoms with van der Waals surface area (Å²) in [6, 6.07) is 7.81. The molecule has 1 aromatic carbocycles. The Hall–Kier alpha value is -2.64. The first-order chi connectivity index (χ1) is 15.0. The van der Waals surface area contributed by atoms with Gasteiger partial charge >= 0.3 is 0 Å². The number of hydrogen-bond acceptors (Lipinski definition) is 7. The predicted molar refractivity (Wildman–Crippen MR) is 114 cm³/mol. The van der Waals surface area contributed by atoms with Crippen LogP contribution >= 0.6 is 0 Å². The maximum atomic E-state index is 10.9. The predicted octanol–water partition coefficient (Wildman–Crippen LogP) is 3.79. The Bertz CT molecular complexity index is 1170. The Kier molecular flexibility index (Phi) is 4.11. The quantitative estimate of drug-likeness (QED) is 0.643. The number of para-hydroxylation sites is 1. The van der Waals surface area contributed by atoms with Crippen LogP contribution in [0.4, 0.5) is 0 Å². The molecule has 2 aromatic heterocycles. The monoisotopic (exact) mass is 418 g/mol. The highest BCUT2D eigenvalue weighted by Gasteiger charge is 2.57. The number of hydrogen-bond donors (Lipinski definition) is 1. The molecule has 3 aliphatic rings. The van der Waals surface area contributed by atoms with Crippen LogP contribution in [0.5, 0.6) is 5.88 Å². The summed E-state index contributed by atoms with van der Waals surface area (Å²) in [5, 5.41) is 11.8. The fourth-order valence-corrected chi connectivity index (χ4v) is 6.21. The minimum atomic E-state index is -0.470. The van der Waals surface area contributed by atoms with Crippen LogP contribution in [0.1, 0.15) is 44.4 Å². The first kappa shape index (κ1) is 19.1. The summed E-state index contributed by atoms with van der Waals surface area (Å²) in [6.07, 6.45) is 4.98. The van der Waals surface area contributed by atoms with Crippen LogP contribution in [0.2, 0.25) is 0 Å². The van der Waals surface area contributed by atoms with Crippen molar-refractivity contribution < 1.29 is 14.6 Å². The van der Waals surface area contributed by atoms with Gasteiger partial charge in [0.25, 0.3) is 0 Å². The molecule has 0 unspecified atom stereocenters. The van der Waals surface area contributed by atoms with Crippen molar-refractivity contribution in [2.75, 3.05) is 13.2 Å². The van der Waals surface area contributed by atoms with E-state index in [9.17, 15) is 5.11 Å². The number of benzene rings is 1. The largest absolute Gasteiger partial charge is 0.493 e. The smallest absolute Gasteiger partial charge is 0.218 e. The zero-order chi connectivity index (χ0) is 21.2. The van der Waals surface area contributed by atoms with Crippen LogP contribution in [0.3, 0.4) is 0 Å². The lowest BCUT2D eigenvalue weighted by molar-refractivity contribution is -0.234. The van der Waals surface area contributed by atoms with E-state index >= 15 is 0 Å². The maximum absolute atomic E-state index is 10.9. The van der Waals surface area contributed by atoms with Gasteiger partial charge in [0.2, 0.25) is 5.88 Å². The molecule has 3 aromatic rings. The van der Waals surface area contributed by atoms with Gasteiger partial charge in [-0.25, -0.2) is 15.0 Å². The van der Waals surface area contributed by atoms with Gasteiger partial charge in [-0.15, -0.1) is 0 Å². The fraction of sp³-hybridized carbons (Fsp3) is 0.500. The number of rotatable bonds is 1. The molecule has 1 spiro atoms. The molecule has 7 nitrogen and oxygen atoms in total. The van der Waals surface area contributed by atoms with E-state index in [2.05, 4.69) is 28.8 Å². The number of fused-ring (bicyclic) bond motifs is 4. The van der Waals surface area contributed by atoms with Crippen LogP contribution in [-0.2, 0) is 21.3 Å². The van der Waals surface area contributed by atoms with Crippen LogP contribution in [0.25, 0.3) is 22.4 Å². The van der Waals surface area contributed by atoms with E-state index in [1.807, 2.05) is 24.3 Å². The molecule has 0 radical (unpaired) electrons. The molecule has 1 aliphatic heterocycles. The van der Waals surface area contributed by atoms with Crippen molar-refractivity contribution in [3.8, 4) is 17.4 Å². The molecular formula is C24H26N4O3. The first-order valence-electron chi connectivity index (χ1n) is 11.1. The SMILES string of the molecule is C[C@@H]1[C@H]2CCc3c(O)nc(-c4ncnc5ccccc45)nc3[C@]2(C)CCC12OCCO2. The average molecular weight is 418 g/mol. The van der Waals surface area contributed by atoms with Gasteiger partial charge in [-0.1, -0.05) is 32.0 Å². The van der Waals surface area contributed by atoms with Crippen molar-refractivity contribution in [2.24, 2.45) is 11.8 Å². The lowest BCUT2D eigenvalue weighted by Gasteiger charge is -2.54. The number of aromatic hydroxyl groups is 1. The van der Waals surface area contributed by atoms with Gasteiger partial charge in [-0.05, 0) is 31.2 Å². The molecule has 160 valence electrons. The maximum Gasteiger partial charge on any atom is 0.218 e. The standard InChI is InChI=1S/C24H26N4O3/c1-14-17-8-7-16-20(23(17,2)9-10-24(14)30-11-12-31-24)27-21(28-22(16)29)19-15-5-3-4-6-18(15)25-13-26-19/h3-6,13-14,17H,7-12H2,1-2H3,(H,27,28,29)/t14-,17-,23-/m1/s1. The second-order valence-corrected chi connectivity index (χ2v) is 9.30. The zero-order valence-electron chi connectivity index (χ0n) is 17.8. The molecule has 0 amide bonds. The van der Waals surface area contributed by atoms with E-state index in [-0.39, 0.29) is 17.2 Å². The Balaban J connectivity index is 1.49. The second kappa shape index (κ2) is 6.68. The molecule has 2 aliphatic carbocycles. The van der Waals surface area contributed by atoms with E-state index in [0.717, 1.165) is 47.8 Å². The number of ether oxygens (including phenoxy) is 2. The van der Waals surface area contributed by atoms with Gasteiger partial charge in [-0.2, -0.15) is 4.98 Å². The lowest BCUT2D eigenvalue weighted by Crippen LogP contribution is -2.55. The summed E-state index contributed by atoms with van der Waals surface area (Å²) in [7, 11) is 0. The second-order valence-electron chi connectivity index (χ2n) is 9.30. The highest BCUT2D eigenvalue weighted by atomic mass is 16.7. The third-order valence-electron chi connectivity index (χ3n) is 7.87. The molecule has 7 heteroatoms. The Morgan fingerprint density at radius 1 is 1.06 bits per heavy atom. The third-order valence-corrected chi connectivity index (χ3v) is 7.87. The van der Waals surface area contributed by atoms with Crippen LogP contribution in [-0.4, -0.2) is 44.0 Å². The minimum Gasteiger partial charge on any atom is -0.493 e. The molecule has 1 saturated heterocycles. The summed E-state index contributed by atoms with van der Waals surface area (Å²) in [5.41, 5.74) is 3.13. The molecule has 2 fully saturated rings. The highest BCUT2D eigenvalue weighted by molar-refractivity contribution is 5.90. The van der Waals surface area contributed by atoms with Crippen molar-refractivity contribution in [3.63, 3.8) is 0 Å². The van der Waals surface area contributed by atoms with E-state index in [1.54, 1.807) is 0 Å². The van der Waals surface area contributed by atoms with Crippen LogP contribution in [0.15, 0.2) is 30.6 Å². The molecule has 1 saturated carbocycles. The summed E-state index contributed by atoms with van der Waals surface area (Å²) < 4.78 is 12.2.